The molecule has 21 heavy (non-hydrogen) atoms. The van der Waals surface area contributed by atoms with Crippen molar-refractivity contribution in [2.75, 3.05) is 39.3 Å². The van der Waals surface area contributed by atoms with Crippen molar-refractivity contribution in [1.82, 2.24) is 14.9 Å². The van der Waals surface area contributed by atoms with Gasteiger partial charge in [-0.05, 0) is 31.2 Å². The maximum Gasteiger partial charge on any atom is 0.240 e. The number of nitrogens with zero attached hydrogens (tertiary/aromatic N) is 1. The van der Waals surface area contributed by atoms with Gasteiger partial charge in [-0.3, -0.25) is 0 Å². The van der Waals surface area contributed by atoms with Gasteiger partial charge in [0.1, 0.15) is 5.82 Å². The molecule has 0 aliphatic carbocycles. The second kappa shape index (κ2) is 7.51. The van der Waals surface area contributed by atoms with E-state index in [2.05, 4.69) is 14.9 Å². The number of benzene rings is 1. The Hall–Kier alpha value is -0.730. The third kappa shape index (κ3) is 5.19. The maximum atomic E-state index is 13.2. The smallest absolute Gasteiger partial charge is 0.240 e. The van der Waals surface area contributed by atoms with Gasteiger partial charge in [-0.1, -0.05) is 11.6 Å². The zero-order valence-corrected chi connectivity index (χ0v) is 13.2. The summed E-state index contributed by atoms with van der Waals surface area (Å²) in [5.41, 5.74) is 0. The Morgan fingerprint density at radius 2 is 2.00 bits per heavy atom. The first kappa shape index (κ1) is 16.6. The molecule has 0 atom stereocenters. The number of piperazine rings is 1. The van der Waals surface area contributed by atoms with Crippen molar-refractivity contribution < 1.29 is 12.8 Å². The second-order valence-corrected chi connectivity index (χ2v) is 7.15. The largest absolute Gasteiger partial charge is 0.314 e. The van der Waals surface area contributed by atoms with Crippen molar-refractivity contribution in [2.24, 2.45) is 0 Å². The van der Waals surface area contributed by atoms with Crippen LogP contribution in [0.1, 0.15) is 6.42 Å². The molecular formula is C13H19ClFN3O2S. The van der Waals surface area contributed by atoms with E-state index in [0.29, 0.717) is 13.0 Å². The molecule has 8 heteroatoms. The van der Waals surface area contributed by atoms with Gasteiger partial charge in [0, 0.05) is 37.7 Å². The molecule has 5 nitrogen and oxygen atoms in total. The predicted molar refractivity (Wildman–Crippen MR) is 80.5 cm³/mol. The molecule has 0 saturated carbocycles. The van der Waals surface area contributed by atoms with E-state index in [-0.39, 0.29) is 9.92 Å². The Balaban J connectivity index is 1.83. The Morgan fingerprint density at radius 1 is 1.29 bits per heavy atom. The van der Waals surface area contributed by atoms with Crippen LogP contribution in [0, 0.1) is 5.82 Å². The van der Waals surface area contributed by atoms with Gasteiger partial charge in [0.15, 0.2) is 0 Å². The third-order valence-electron chi connectivity index (χ3n) is 3.30. The molecule has 118 valence electrons. The normalized spacial score (nSPS) is 17.0. The molecule has 1 saturated heterocycles. The Bertz CT molecular complexity index is 557. The van der Waals surface area contributed by atoms with Crippen molar-refractivity contribution in [3.05, 3.63) is 29.0 Å². The van der Waals surface area contributed by atoms with Crippen molar-refractivity contribution in [2.45, 2.75) is 11.3 Å². The van der Waals surface area contributed by atoms with Gasteiger partial charge in [0.2, 0.25) is 10.0 Å². The standard InChI is InChI=1S/C13H19ClFN3O2S/c14-11-8-12(15)10-13(9-11)21(19,20)17-2-1-5-18-6-3-16-4-7-18/h8-10,16-17H,1-7H2. The Kier molecular flexibility index (Phi) is 5.95. The SMILES string of the molecule is O=S(=O)(NCCCN1CCNCC1)c1cc(F)cc(Cl)c1. The number of halogens is 2. The molecule has 1 fully saturated rings. The summed E-state index contributed by atoms with van der Waals surface area (Å²) in [5, 5.41) is 3.33. The van der Waals surface area contributed by atoms with Crippen molar-refractivity contribution in [3.63, 3.8) is 0 Å². The molecule has 0 amide bonds. The van der Waals surface area contributed by atoms with E-state index in [1.165, 1.54) is 6.07 Å². The molecule has 0 aromatic heterocycles. The molecule has 0 bridgehead atoms. The molecule has 0 spiro atoms. The van der Waals surface area contributed by atoms with Gasteiger partial charge < -0.3 is 10.2 Å². The van der Waals surface area contributed by atoms with Crippen LogP contribution >= 0.6 is 11.6 Å². The lowest BCUT2D eigenvalue weighted by molar-refractivity contribution is 0.239. The van der Waals surface area contributed by atoms with Crippen LogP contribution in [0.4, 0.5) is 4.39 Å². The summed E-state index contributed by atoms with van der Waals surface area (Å²) >= 11 is 5.67. The van der Waals surface area contributed by atoms with Crippen LogP contribution in [0.3, 0.4) is 0 Å². The van der Waals surface area contributed by atoms with Gasteiger partial charge in [-0.25, -0.2) is 17.5 Å². The fourth-order valence-corrected chi connectivity index (χ4v) is 3.63. The first-order valence-corrected chi connectivity index (χ1v) is 8.72. The summed E-state index contributed by atoms with van der Waals surface area (Å²) in [6.07, 6.45) is 0.711. The average Bonchev–Trinajstić information content (AvgIpc) is 2.44. The van der Waals surface area contributed by atoms with Gasteiger partial charge >= 0.3 is 0 Å². The van der Waals surface area contributed by atoms with Crippen LogP contribution in [0.25, 0.3) is 0 Å². The molecule has 0 unspecified atom stereocenters. The highest BCUT2D eigenvalue weighted by atomic mass is 35.5. The summed E-state index contributed by atoms with van der Waals surface area (Å²) in [4.78, 5) is 2.14. The first-order valence-electron chi connectivity index (χ1n) is 6.86. The molecule has 1 heterocycles. The van der Waals surface area contributed by atoms with E-state index in [9.17, 15) is 12.8 Å². The minimum atomic E-state index is -3.71. The Labute approximate surface area is 129 Å². The van der Waals surface area contributed by atoms with Crippen LogP contribution in [-0.4, -0.2) is 52.6 Å². The predicted octanol–water partition coefficient (Wildman–Crippen LogP) is 1.05. The second-order valence-electron chi connectivity index (χ2n) is 4.95. The molecule has 0 radical (unpaired) electrons. The zero-order chi connectivity index (χ0) is 15.3. The van der Waals surface area contributed by atoms with Crippen molar-refractivity contribution in [1.29, 1.82) is 0 Å². The number of sulfonamides is 1. The minimum Gasteiger partial charge on any atom is -0.314 e. The van der Waals surface area contributed by atoms with Gasteiger partial charge in [0.05, 0.1) is 4.90 Å². The van der Waals surface area contributed by atoms with E-state index in [4.69, 9.17) is 11.6 Å². The molecule has 1 aromatic carbocycles. The summed E-state index contributed by atoms with van der Waals surface area (Å²) < 4.78 is 39.7. The quantitative estimate of drug-likeness (QED) is 0.763. The highest BCUT2D eigenvalue weighted by Gasteiger charge is 2.16. The zero-order valence-electron chi connectivity index (χ0n) is 11.6. The van der Waals surface area contributed by atoms with Crippen LogP contribution in [-0.2, 0) is 10.0 Å². The molecule has 1 aromatic rings. The summed E-state index contributed by atoms with van der Waals surface area (Å²) in [5.74, 6) is -0.663. The number of nitrogens with one attached hydrogen (secondary N) is 2. The molecule has 1 aliphatic rings. The first-order chi connectivity index (χ1) is 9.97. The lowest BCUT2D eigenvalue weighted by Gasteiger charge is -2.27. The van der Waals surface area contributed by atoms with Crippen LogP contribution < -0.4 is 10.0 Å². The fourth-order valence-electron chi connectivity index (χ4n) is 2.21. The summed E-state index contributed by atoms with van der Waals surface area (Å²) in [7, 11) is -3.71. The number of rotatable bonds is 6. The van der Waals surface area contributed by atoms with Crippen LogP contribution in [0.2, 0.25) is 5.02 Å². The van der Waals surface area contributed by atoms with Gasteiger partial charge in [-0.2, -0.15) is 0 Å². The maximum absolute atomic E-state index is 13.2. The van der Waals surface area contributed by atoms with E-state index in [1.54, 1.807) is 0 Å². The Morgan fingerprint density at radius 3 is 2.67 bits per heavy atom. The summed E-state index contributed by atoms with van der Waals surface area (Å²) in [6, 6.07) is 3.28. The molecule has 2 rings (SSSR count). The highest BCUT2D eigenvalue weighted by molar-refractivity contribution is 7.89. The molecular weight excluding hydrogens is 317 g/mol. The monoisotopic (exact) mass is 335 g/mol. The van der Waals surface area contributed by atoms with Crippen molar-refractivity contribution in [3.8, 4) is 0 Å². The van der Waals surface area contributed by atoms with Crippen LogP contribution in [0.15, 0.2) is 23.1 Å². The van der Waals surface area contributed by atoms with E-state index >= 15 is 0 Å². The highest BCUT2D eigenvalue weighted by Crippen LogP contribution is 2.17. The minimum absolute atomic E-state index is 0.0659. The number of hydrogen-bond acceptors (Lipinski definition) is 4. The van der Waals surface area contributed by atoms with E-state index < -0.39 is 15.8 Å². The lowest BCUT2D eigenvalue weighted by atomic mass is 10.3. The third-order valence-corrected chi connectivity index (χ3v) is 4.96. The summed E-state index contributed by atoms with van der Waals surface area (Å²) in [6.45, 7) is 5.05. The fraction of sp³-hybridized carbons (Fsp3) is 0.538. The molecule has 2 N–H and O–H groups in total. The molecule has 1 aliphatic heterocycles. The van der Waals surface area contributed by atoms with Crippen LogP contribution in [0.5, 0.6) is 0 Å². The van der Waals surface area contributed by atoms with E-state index in [1.807, 2.05) is 0 Å². The topological polar surface area (TPSA) is 61.4 Å². The lowest BCUT2D eigenvalue weighted by Crippen LogP contribution is -2.44. The van der Waals surface area contributed by atoms with Gasteiger partial charge in [0.25, 0.3) is 0 Å². The average molecular weight is 336 g/mol. The van der Waals surface area contributed by atoms with E-state index in [0.717, 1.165) is 44.9 Å². The van der Waals surface area contributed by atoms with Gasteiger partial charge in [-0.15, -0.1) is 0 Å². The van der Waals surface area contributed by atoms with Crippen molar-refractivity contribution >= 4 is 21.6 Å². The number of hydrogen-bond donors (Lipinski definition) is 2.